The highest BCUT2D eigenvalue weighted by Gasteiger charge is 2.15. The molecule has 0 radical (unpaired) electrons. The lowest BCUT2D eigenvalue weighted by atomic mass is 10.2. The molecule has 22 heavy (non-hydrogen) atoms. The molecule has 1 aliphatic rings. The van der Waals surface area contributed by atoms with Crippen LogP contribution in [0.2, 0.25) is 0 Å². The molecule has 116 valence electrons. The SMILES string of the molecule is Cc1cccc(-n2c(=O)cc(NCC3CCCO3)[nH]c2=O)c1. The van der Waals surface area contributed by atoms with Gasteiger partial charge in [-0.2, -0.15) is 0 Å². The van der Waals surface area contributed by atoms with Gasteiger partial charge in [-0.3, -0.25) is 9.78 Å². The quantitative estimate of drug-likeness (QED) is 0.895. The summed E-state index contributed by atoms with van der Waals surface area (Å²) in [5, 5.41) is 3.06. The lowest BCUT2D eigenvalue weighted by molar-refractivity contribution is 0.120. The zero-order valence-corrected chi connectivity index (χ0v) is 12.5. The van der Waals surface area contributed by atoms with E-state index in [0.717, 1.165) is 29.6 Å². The smallest absolute Gasteiger partial charge is 0.334 e. The number of nitrogens with zero attached hydrogens (tertiary/aromatic N) is 1. The highest BCUT2D eigenvalue weighted by atomic mass is 16.5. The van der Waals surface area contributed by atoms with Crippen LogP contribution in [-0.4, -0.2) is 28.8 Å². The first-order valence-electron chi connectivity index (χ1n) is 7.42. The third-order valence-corrected chi connectivity index (χ3v) is 3.74. The van der Waals surface area contributed by atoms with Crippen molar-refractivity contribution >= 4 is 5.82 Å². The Morgan fingerprint density at radius 3 is 2.91 bits per heavy atom. The van der Waals surface area contributed by atoms with E-state index < -0.39 is 5.69 Å². The van der Waals surface area contributed by atoms with Gasteiger partial charge in [0.15, 0.2) is 0 Å². The summed E-state index contributed by atoms with van der Waals surface area (Å²) in [5.74, 6) is 0.425. The molecule has 1 fully saturated rings. The van der Waals surface area contributed by atoms with Crippen LogP contribution in [0.15, 0.2) is 39.9 Å². The number of hydrogen-bond donors (Lipinski definition) is 2. The monoisotopic (exact) mass is 301 g/mol. The van der Waals surface area contributed by atoms with Crippen molar-refractivity contribution in [2.45, 2.75) is 25.9 Å². The van der Waals surface area contributed by atoms with Crippen molar-refractivity contribution in [2.24, 2.45) is 0 Å². The van der Waals surface area contributed by atoms with E-state index in [1.807, 2.05) is 19.1 Å². The topological polar surface area (TPSA) is 76.1 Å². The summed E-state index contributed by atoms with van der Waals surface area (Å²) in [7, 11) is 0. The summed E-state index contributed by atoms with van der Waals surface area (Å²) in [6.45, 7) is 3.28. The first-order valence-corrected chi connectivity index (χ1v) is 7.42. The molecule has 0 aliphatic carbocycles. The first kappa shape index (κ1) is 14.6. The van der Waals surface area contributed by atoms with Gasteiger partial charge in [0, 0.05) is 19.2 Å². The Kier molecular flexibility index (Phi) is 4.11. The van der Waals surface area contributed by atoms with E-state index >= 15 is 0 Å². The van der Waals surface area contributed by atoms with Crippen molar-refractivity contribution in [3.8, 4) is 5.69 Å². The fourth-order valence-corrected chi connectivity index (χ4v) is 2.63. The van der Waals surface area contributed by atoms with Crippen molar-refractivity contribution < 1.29 is 4.74 Å². The summed E-state index contributed by atoms with van der Waals surface area (Å²) in [6.07, 6.45) is 2.19. The van der Waals surface area contributed by atoms with Gasteiger partial charge in [-0.25, -0.2) is 9.36 Å². The Labute approximate surface area is 127 Å². The van der Waals surface area contributed by atoms with E-state index in [1.54, 1.807) is 12.1 Å². The van der Waals surface area contributed by atoms with Crippen molar-refractivity contribution in [3.05, 3.63) is 56.7 Å². The van der Waals surface area contributed by atoms with Gasteiger partial charge >= 0.3 is 5.69 Å². The van der Waals surface area contributed by atoms with Gasteiger partial charge in [0.1, 0.15) is 5.82 Å². The minimum atomic E-state index is -0.451. The van der Waals surface area contributed by atoms with Crippen LogP contribution in [0.5, 0.6) is 0 Å². The molecule has 3 rings (SSSR count). The second-order valence-electron chi connectivity index (χ2n) is 5.52. The van der Waals surface area contributed by atoms with Crippen molar-refractivity contribution in [1.29, 1.82) is 0 Å². The average molecular weight is 301 g/mol. The molecule has 2 heterocycles. The largest absolute Gasteiger partial charge is 0.376 e. The number of benzene rings is 1. The van der Waals surface area contributed by atoms with Gasteiger partial charge in [-0.1, -0.05) is 12.1 Å². The maximum atomic E-state index is 12.2. The van der Waals surface area contributed by atoms with Gasteiger partial charge in [-0.05, 0) is 37.5 Å². The molecule has 2 N–H and O–H groups in total. The highest BCUT2D eigenvalue weighted by molar-refractivity contribution is 5.38. The Hall–Kier alpha value is -2.34. The Morgan fingerprint density at radius 2 is 2.23 bits per heavy atom. The second-order valence-corrected chi connectivity index (χ2v) is 5.52. The molecule has 1 atom stereocenters. The molecular weight excluding hydrogens is 282 g/mol. The van der Waals surface area contributed by atoms with Gasteiger partial charge in [0.25, 0.3) is 5.56 Å². The lowest BCUT2D eigenvalue weighted by Gasteiger charge is -2.12. The third-order valence-electron chi connectivity index (χ3n) is 3.74. The summed E-state index contributed by atoms with van der Waals surface area (Å²) in [6, 6.07) is 8.68. The molecule has 0 saturated carbocycles. The minimum absolute atomic E-state index is 0.141. The number of hydrogen-bond acceptors (Lipinski definition) is 4. The summed E-state index contributed by atoms with van der Waals surface area (Å²) >= 11 is 0. The lowest BCUT2D eigenvalue weighted by Crippen LogP contribution is -2.34. The number of rotatable bonds is 4. The zero-order chi connectivity index (χ0) is 15.5. The number of ether oxygens (including phenoxy) is 1. The number of H-pyrrole nitrogens is 1. The van der Waals surface area contributed by atoms with Crippen LogP contribution in [0.3, 0.4) is 0 Å². The molecule has 2 aromatic rings. The van der Waals surface area contributed by atoms with E-state index in [2.05, 4.69) is 10.3 Å². The highest BCUT2D eigenvalue weighted by Crippen LogP contribution is 2.12. The molecule has 1 aliphatic heterocycles. The summed E-state index contributed by atoms with van der Waals surface area (Å²) in [4.78, 5) is 27.1. The third kappa shape index (κ3) is 3.12. The molecule has 6 heteroatoms. The molecule has 0 spiro atoms. The van der Waals surface area contributed by atoms with Gasteiger partial charge in [0.05, 0.1) is 11.8 Å². The second kappa shape index (κ2) is 6.19. The molecule has 0 bridgehead atoms. The fourth-order valence-electron chi connectivity index (χ4n) is 2.63. The predicted molar refractivity (Wildman–Crippen MR) is 84.9 cm³/mol. The molecule has 1 aromatic carbocycles. The Morgan fingerprint density at radius 1 is 1.36 bits per heavy atom. The van der Waals surface area contributed by atoms with Crippen LogP contribution in [0.4, 0.5) is 5.82 Å². The van der Waals surface area contributed by atoms with Crippen LogP contribution in [0.1, 0.15) is 18.4 Å². The number of aromatic amines is 1. The van der Waals surface area contributed by atoms with Crippen LogP contribution in [0, 0.1) is 6.92 Å². The van der Waals surface area contributed by atoms with Crippen molar-refractivity contribution in [1.82, 2.24) is 9.55 Å². The van der Waals surface area contributed by atoms with Crippen LogP contribution in [-0.2, 0) is 4.74 Å². The van der Waals surface area contributed by atoms with Crippen LogP contribution < -0.4 is 16.6 Å². The van der Waals surface area contributed by atoms with E-state index in [9.17, 15) is 9.59 Å². The maximum absolute atomic E-state index is 12.2. The van der Waals surface area contributed by atoms with Gasteiger partial charge in [-0.15, -0.1) is 0 Å². The van der Waals surface area contributed by atoms with Crippen LogP contribution in [0.25, 0.3) is 5.69 Å². The molecule has 6 nitrogen and oxygen atoms in total. The molecule has 0 amide bonds. The Balaban J connectivity index is 1.85. The van der Waals surface area contributed by atoms with E-state index in [4.69, 9.17) is 4.74 Å². The summed E-state index contributed by atoms with van der Waals surface area (Å²) < 4.78 is 6.63. The predicted octanol–water partition coefficient (Wildman–Crippen LogP) is 1.43. The standard InChI is InChI=1S/C16H19N3O3/c1-11-4-2-5-12(8-11)19-15(20)9-14(18-16(19)21)17-10-13-6-3-7-22-13/h2,4-5,8-9,13,17H,3,6-7,10H2,1H3,(H,18,21). The van der Waals surface area contributed by atoms with Crippen molar-refractivity contribution in [3.63, 3.8) is 0 Å². The molecule has 1 saturated heterocycles. The average Bonchev–Trinajstić information content (AvgIpc) is 2.98. The van der Waals surface area contributed by atoms with Crippen molar-refractivity contribution in [2.75, 3.05) is 18.5 Å². The van der Waals surface area contributed by atoms with E-state index in [-0.39, 0.29) is 11.7 Å². The minimum Gasteiger partial charge on any atom is -0.376 e. The fraction of sp³-hybridized carbons (Fsp3) is 0.375. The Bertz CT molecular complexity index is 741. The zero-order valence-electron chi connectivity index (χ0n) is 12.5. The van der Waals surface area contributed by atoms with Gasteiger partial charge < -0.3 is 10.1 Å². The van der Waals surface area contributed by atoms with E-state index in [1.165, 1.54) is 6.07 Å². The number of anilines is 1. The number of nitrogens with one attached hydrogen (secondary N) is 2. The van der Waals surface area contributed by atoms with Gasteiger partial charge in [0.2, 0.25) is 0 Å². The number of aryl methyl sites for hydroxylation is 1. The molecule has 1 aromatic heterocycles. The van der Waals surface area contributed by atoms with Crippen LogP contribution >= 0.6 is 0 Å². The molecular formula is C16H19N3O3. The molecule has 1 unspecified atom stereocenters. The maximum Gasteiger partial charge on any atom is 0.334 e. The number of aromatic nitrogens is 2. The van der Waals surface area contributed by atoms with E-state index in [0.29, 0.717) is 18.1 Å². The normalized spacial score (nSPS) is 17.6. The summed E-state index contributed by atoms with van der Waals surface area (Å²) in [5.41, 5.74) is 0.749. The first-order chi connectivity index (χ1) is 10.6.